The Kier molecular flexibility index (Phi) is 10.9. The van der Waals surface area contributed by atoms with Crippen LogP contribution < -0.4 is 31.1 Å². The number of nitrogens with zero attached hydrogens (tertiary/aromatic N) is 3. The number of benzene rings is 9. The fraction of sp³-hybridized carbons (Fsp3) is 0.308. The summed E-state index contributed by atoms with van der Waals surface area (Å²) in [5.41, 5.74) is 24.9. The van der Waals surface area contributed by atoms with Crippen LogP contribution >= 0.6 is 11.3 Å². The molecule has 0 saturated heterocycles. The second-order valence-corrected chi connectivity index (χ2v) is 30.5. The molecule has 9 aromatic carbocycles. The number of fused-ring (bicyclic) bond motifs is 15. The van der Waals surface area contributed by atoms with Crippen molar-refractivity contribution >= 4 is 122 Å². The van der Waals surface area contributed by atoms with E-state index in [0.717, 1.165) is 53.3 Å². The van der Waals surface area contributed by atoms with Gasteiger partial charge in [0.25, 0.3) is 6.71 Å². The highest BCUT2D eigenvalue weighted by atomic mass is 32.1. The molecule has 0 spiro atoms. The molecule has 418 valence electrons. The molecule has 0 amide bonds. The quantitative estimate of drug-likeness (QED) is 0.164. The number of hydrogen-bond acceptors (Lipinski definition) is 5. The summed E-state index contributed by atoms with van der Waals surface area (Å²) in [6.07, 6.45) is 6.94. The van der Waals surface area contributed by atoms with E-state index in [-0.39, 0.29) is 39.3 Å². The first-order valence-electron chi connectivity index (χ1n) is 31.1. The standard InChI is InChI=1S/C78H76BN3OS/c1-73(2,3)48-31-34-60(54(41-48)47-23-14-13-15-24-47)81-65-44-50(82-61-35-32-49(74(4,5)6)42-57(61)77(11)37-20-21-38-78(77,82)12)43-64-70(65)79(58-33-36-67-69(71(58)81)53-26-16-18-29-66(53)83-67)59-45-55-56(76(9,10)40-39-75(55,7)8)46-63(59)80(64)62-28-22-27-52-51-25-17-19-30-68(51)84-72(52)62/h13-19,22-36,41-46H,20-21,37-40H2,1-12H3. The van der Waals surface area contributed by atoms with E-state index >= 15 is 0 Å². The van der Waals surface area contributed by atoms with Gasteiger partial charge >= 0.3 is 0 Å². The minimum Gasteiger partial charge on any atom is -0.456 e. The lowest BCUT2D eigenvalue weighted by molar-refractivity contribution is 0.195. The van der Waals surface area contributed by atoms with Crippen molar-refractivity contribution in [3.63, 3.8) is 0 Å². The summed E-state index contributed by atoms with van der Waals surface area (Å²) in [5, 5.41) is 4.92. The van der Waals surface area contributed by atoms with E-state index in [2.05, 4.69) is 268 Å². The van der Waals surface area contributed by atoms with Crippen LogP contribution in [0, 0.1) is 0 Å². The molecule has 4 nitrogen and oxygen atoms in total. The Morgan fingerprint density at radius 2 is 1.12 bits per heavy atom. The van der Waals surface area contributed by atoms with Crippen LogP contribution in [0.5, 0.6) is 0 Å². The summed E-state index contributed by atoms with van der Waals surface area (Å²) < 4.78 is 9.66. The highest BCUT2D eigenvalue weighted by Gasteiger charge is 2.59. The second-order valence-electron chi connectivity index (χ2n) is 29.4. The molecule has 1 fully saturated rings. The third-order valence-electron chi connectivity index (χ3n) is 21.6. The third kappa shape index (κ3) is 7.19. The number of para-hydroxylation sites is 1. The molecule has 3 aliphatic heterocycles. The number of rotatable bonds is 4. The van der Waals surface area contributed by atoms with Crippen LogP contribution in [0.3, 0.4) is 0 Å². The van der Waals surface area contributed by atoms with E-state index in [1.165, 1.54) is 128 Å². The normalized spacial score (nSPS) is 20.3. The largest absolute Gasteiger partial charge is 0.456 e. The average Bonchev–Trinajstić information content (AvgIpc) is 1.38. The maximum absolute atomic E-state index is 7.03. The molecule has 0 N–H and O–H groups in total. The zero-order valence-corrected chi connectivity index (χ0v) is 52.0. The van der Waals surface area contributed by atoms with Gasteiger partial charge in [0.2, 0.25) is 0 Å². The molecule has 2 aliphatic carbocycles. The van der Waals surface area contributed by atoms with Crippen molar-refractivity contribution in [3.8, 4) is 11.1 Å². The van der Waals surface area contributed by atoms with E-state index < -0.39 is 0 Å². The molecule has 5 heterocycles. The van der Waals surface area contributed by atoms with Crippen molar-refractivity contribution in [1.29, 1.82) is 0 Å². The van der Waals surface area contributed by atoms with Gasteiger partial charge in [0.1, 0.15) is 11.2 Å². The number of hydrogen-bond donors (Lipinski definition) is 0. The molecule has 11 aromatic rings. The molecule has 2 atom stereocenters. The minimum absolute atomic E-state index is 0.00877. The lowest BCUT2D eigenvalue weighted by Gasteiger charge is -2.51. The predicted molar refractivity (Wildman–Crippen MR) is 362 cm³/mol. The summed E-state index contributed by atoms with van der Waals surface area (Å²) in [4.78, 5) is 8.35. The van der Waals surface area contributed by atoms with E-state index in [9.17, 15) is 0 Å². The second kappa shape index (κ2) is 17.5. The van der Waals surface area contributed by atoms with Gasteiger partial charge in [-0.3, -0.25) is 0 Å². The molecule has 2 unspecified atom stereocenters. The first-order chi connectivity index (χ1) is 40.1. The van der Waals surface area contributed by atoms with Crippen LogP contribution in [-0.4, -0.2) is 12.3 Å². The van der Waals surface area contributed by atoms with Crippen LogP contribution in [0.2, 0.25) is 0 Å². The zero-order valence-electron chi connectivity index (χ0n) is 51.1. The van der Waals surface area contributed by atoms with Gasteiger partial charge in [-0.2, -0.15) is 0 Å². The van der Waals surface area contributed by atoms with Crippen molar-refractivity contribution in [2.24, 2.45) is 0 Å². The fourth-order valence-corrected chi connectivity index (χ4v) is 17.7. The molecule has 84 heavy (non-hydrogen) atoms. The van der Waals surface area contributed by atoms with Crippen molar-refractivity contribution in [2.75, 3.05) is 14.7 Å². The molecular formula is C78H76BN3OS. The summed E-state index contributed by atoms with van der Waals surface area (Å²) in [5.74, 6) is 0. The smallest absolute Gasteiger partial charge is 0.252 e. The zero-order chi connectivity index (χ0) is 57.8. The van der Waals surface area contributed by atoms with Gasteiger partial charge in [0.15, 0.2) is 0 Å². The maximum Gasteiger partial charge on any atom is 0.252 e. The third-order valence-corrected chi connectivity index (χ3v) is 22.8. The van der Waals surface area contributed by atoms with E-state index in [0.29, 0.717) is 0 Å². The Morgan fingerprint density at radius 1 is 0.476 bits per heavy atom. The van der Waals surface area contributed by atoms with E-state index in [1.54, 1.807) is 0 Å². The monoisotopic (exact) mass is 1110 g/mol. The Labute approximate surface area is 501 Å². The first kappa shape index (κ1) is 52.1. The summed E-state index contributed by atoms with van der Waals surface area (Å²) in [6.45, 7) is 29.3. The Morgan fingerprint density at radius 3 is 1.87 bits per heavy atom. The first-order valence-corrected chi connectivity index (χ1v) is 31.9. The predicted octanol–water partition coefficient (Wildman–Crippen LogP) is 20.4. The highest BCUT2D eigenvalue weighted by molar-refractivity contribution is 7.26. The highest BCUT2D eigenvalue weighted by Crippen LogP contribution is 2.63. The van der Waals surface area contributed by atoms with Gasteiger partial charge in [-0.25, -0.2) is 0 Å². The lowest BCUT2D eigenvalue weighted by Crippen LogP contribution is -2.62. The van der Waals surface area contributed by atoms with Gasteiger partial charge in [-0.05, 0) is 165 Å². The summed E-state index contributed by atoms with van der Waals surface area (Å²) in [6, 6.07) is 66.5. The summed E-state index contributed by atoms with van der Waals surface area (Å²) in [7, 11) is 0. The SMILES string of the molecule is CC(C)(C)c1ccc(N2c3cc(N4c5ccc(C(C)(C)C)cc5C5(C)CCCCC45C)cc4c3B(c3cc5c(cc3N4c3cccc4c3sc3ccccc34)C(C)(C)CCC5(C)C)c3ccc4oc5ccccc5c4c32)c(-c2ccccc2)c1. The van der Waals surface area contributed by atoms with Gasteiger partial charge in [-0.1, -0.05) is 198 Å². The average molecular weight is 1110 g/mol. The van der Waals surface area contributed by atoms with E-state index in [4.69, 9.17) is 4.42 Å². The van der Waals surface area contributed by atoms with Crippen molar-refractivity contribution in [2.45, 2.75) is 154 Å². The molecule has 16 rings (SSSR count). The van der Waals surface area contributed by atoms with Crippen LogP contribution in [0.25, 0.3) is 53.2 Å². The van der Waals surface area contributed by atoms with Gasteiger partial charge in [0, 0.05) is 60.3 Å². The fourth-order valence-electron chi connectivity index (χ4n) is 16.5. The Bertz CT molecular complexity index is 4600. The maximum atomic E-state index is 7.03. The molecule has 0 bridgehead atoms. The van der Waals surface area contributed by atoms with Crippen LogP contribution in [0.1, 0.15) is 149 Å². The molecule has 6 heteroatoms. The Balaban J connectivity index is 1.11. The minimum atomic E-state index is -0.211. The van der Waals surface area contributed by atoms with Gasteiger partial charge in [-0.15, -0.1) is 11.3 Å². The summed E-state index contributed by atoms with van der Waals surface area (Å²) >= 11 is 1.94. The van der Waals surface area contributed by atoms with Crippen molar-refractivity contribution < 1.29 is 4.42 Å². The van der Waals surface area contributed by atoms with Crippen LogP contribution in [0.15, 0.2) is 174 Å². The number of furan rings is 1. The van der Waals surface area contributed by atoms with Crippen LogP contribution in [-0.2, 0) is 27.1 Å². The number of anilines is 8. The Hall–Kier alpha value is -7.54. The van der Waals surface area contributed by atoms with Gasteiger partial charge in [0.05, 0.1) is 32.7 Å². The van der Waals surface area contributed by atoms with E-state index in [1.807, 2.05) is 11.3 Å². The molecule has 2 aromatic heterocycles. The number of thiophene rings is 1. The molecule has 1 saturated carbocycles. The topological polar surface area (TPSA) is 22.9 Å². The molecule has 5 aliphatic rings. The van der Waals surface area contributed by atoms with Gasteiger partial charge < -0.3 is 19.1 Å². The van der Waals surface area contributed by atoms with Crippen molar-refractivity contribution in [1.82, 2.24) is 0 Å². The lowest BCUT2D eigenvalue weighted by atomic mass is 9.33. The molecule has 0 radical (unpaired) electrons. The molecular weight excluding hydrogens is 1040 g/mol. The van der Waals surface area contributed by atoms with Crippen LogP contribution in [0.4, 0.5) is 45.5 Å². The van der Waals surface area contributed by atoms with Crippen molar-refractivity contribution in [3.05, 3.63) is 198 Å².